The first-order valence-corrected chi connectivity index (χ1v) is 16.0. The molecule has 0 saturated carbocycles. The van der Waals surface area contributed by atoms with Crippen LogP contribution in [0.15, 0.2) is 146 Å². The lowest BCUT2D eigenvalue weighted by atomic mass is 9.91. The molecule has 0 amide bonds. The Hall–Kier alpha value is -6.62. The molecule has 48 heavy (non-hydrogen) atoms. The molecule has 0 aliphatic rings. The lowest BCUT2D eigenvalue weighted by Crippen LogP contribution is -2.12. The second kappa shape index (κ2) is 11.6. The van der Waals surface area contributed by atoms with Gasteiger partial charge in [0.15, 0.2) is 5.69 Å². The van der Waals surface area contributed by atoms with E-state index in [4.69, 9.17) is 6.57 Å². The number of anilines is 6. The number of hydrogen-bond donors (Lipinski definition) is 0. The van der Waals surface area contributed by atoms with Crippen LogP contribution in [0.1, 0.15) is 16.7 Å². The van der Waals surface area contributed by atoms with E-state index in [2.05, 4.69) is 132 Å². The minimum absolute atomic E-state index is 0.617. The molecule has 8 aromatic carbocycles. The first-order chi connectivity index (χ1) is 23.6. The van der Waals surface area contributed by atoms with Gasteiger partial charge in [-0.25, -0.2) is 4.85 Å². The molecular weight excluding hydrogens is 585 g/mol. The zero-order valence-electron chi connectivity index (χ0n) is 26.6. The predicted molar refractivity (Wildman–Crippen MR) is 200 cm³/mol. The number of para-hydroxylation sites is 2. The lowest BCUT2D eigenvalue weighted by Gasteiger charge is -2.30. The SMILES string of the molecule is [C-]#[N+]c1ccc(N(c2ccccc2C)c2ccc3ccc4c(N(c5ccc(C#N)cc5)c5ccccc5C)ccc5ccc2c3c54)cc1. The highest BCUT2D eigenvalue weighted by atomic mass is 15.2. The minimum atomic E-state index is 0.617. The Morgan fingerprint density at radius 1 is 0.500 bits per heavy atom. The summed E-state index contributed by atoms with van der Waals surface area (Å²) in [5, 5.41) is 16.6. The van der Waals surface area contributed by atoms with Crippen molar-refractivity contribution in [3.63, 3.8) is 0 Å². The van der Waals surface area contributed by atoms with E-state index < -0.39 is 0 Å². The van der Waals surface area contributed by atoms with E-state index in [1.165, 1.54) is 21.5 Å². The van der Waals surface area contributed by atoms with Gasteiger partial charge >= 0.3 is 0 Å². The fourth-order valence-electron chi connectivity index (χ4n) is 6.97. The normalized spacial score (nSPS) is 11.1. The second-order valence-electron chi connectivity index (χ2n) is 12.1. The molecule has 0 aliphatic heterocycles. The average molecular weight is 615 g/mol. The zero-order chi connectivity index (χ0) is 32.8. The second-order valence-corrected chi connectivity index (χ2v) is 12.1. The van der Waals surface area contributed by atoms with Crippen LogP contribution in [0.4, 0.5) is 39.8 Å². The first-order valence-electron chi connectivity index (χ1n) is 16.0. The monoisotopic (exact) mass is 614 g/mol. The van der Waals surface area contributed by atoms with Crippen molar-refractivity contribution in [1.29, 1.82) is 5.26 Å². The van der Waals surface area contributed by atoms with Gasteiger partial charge in [0.05, 0.1) is 29.6 Å². The fraction of sp³-hybridized carbons (Fsp3) is 0.0455. The third-order valence-electron chi connectivity index (χ3n) is 9.30. The molecule has 0 N–H and O–H groups in total. The van der Waals surface area contributed by atoms with Crippen LogP contribution < -0.4 is 9.80 Å². The molecule has 0 aliphatic carbocycles. The molecule has 8 rings (SSSR count). The Balaban J connectivity index is 1.41. The quantitative estimate of drug-likeness (QED) is 0.138. The fourth-order valence-corrected chi connectivity index (χ4v) is 6.97. The van der Waals surface area contributed by atoms with Gasteiger partial charge in [-0.3, -0.25) is 0 Å². The maximum atomic E-state index is 9.51. The smallest absolute Gasteiger partial charge is 0.187 e. The summed E-state index contributed by atoms with van der Waals surface area (Å²) in [6.45, 7) is 11.8. The highest BCUT2D eigenvalue weighted by Crippen LogP contribution is 2.48. The zero-order valence-corrected chi connectivity index (χ0v) is 26.6. The predicted octanol–water partition coefficient (Wildman–Crippen LogP) is 12.6. The number of nitriles is 1. The van der Waals surface area contributed by atoms with Gasteiger partial charge in [-0.1, -0.05) is 84.9 Å². The van der Waals surface area contributed by atoms with Crippen molar-refractivity contribution in [2.24, 2.45) is 0 Å². The Kier molecular flexibility index (Phi) is 6.98. The van der Waals surface area contributed by atoms with Crippen molar-refractivity contribution < 1.29 is 0 Å². The van der Waals surface area contributed by atoms with E-state index in [-0.39, 0.29) is 0 Å². The van der Waals surface area contributed by atoms with Gasteiger partial charge in [0.25, 0.3) is 0 Å². The maximum Gasteiger partial charge on any atom is 0.187 e. The van der Waals surface area contributed by atoms with Crippen LogP contribution in [0.2, 0.25) is 0 Å². The molecule has 0 bridgehead atoms. The van der Waals surface area contributed by atoms with Gasteiger partial charge in [-0.15, -0.1) is 0 Å². The Bertz CT molecular complexity index is 2370. The van der Waals surface area contributed by atoms with Gasteiger partial charge in [0.2, 0.25) is 0 Å². The largest absolute Gasteiger partial charge is 0.310 e. The molecule has 0 aromatic heterocycles. The molecule has 4 nitrogen and oxygen atoms in total. The number of nitrogens with zero attached hydrogens (tertiary/aromatic N) is 4. The van der Waals surface area contributed by atoms with Crippen LogP contribution in [0, 0.1) is 31.8 Å². The van der Waals surface area contributed by atoms with E-state index in [0.29, 0.717) is 11.3 Å². The molecule has 0 spiro atoms. The van der Waals surface area contributed by atoms with E-state index in [9.17, 15) is 5.26 Å². The molecule has 4 heteroatoms. The van der Waals surface area contributed by atoms with E-state index in [1.54, 1.807) is 0 Å². The molecule has 0 radical (unpaired) electrons. The van der Waals surface area contributed by atoms with Gasteiger partial charge < -0.3 is 9.80 Å². The maximum absolute atomic E-state index is 9.51. The van der Waals surface area contributed by atoms with Crippen LogP contribution in [0.5, 0.6) is 0 Å². The van der Waals surface area contributed by atoms with Crippen LogP contribution in [-0.4, -0.2) is 0 Å². The van der Waals surface area contributed by atoms with Crippen LogP contribution in [0.25, 0.3) is 37.2 Å². The summed E-state index contributed by atoms with van der Waals surface area (Å²) in [7, 11) is 0. The van der Waals surface area contributed by atoms with E-state index in [1.807, 2.05) is 48.5 Å². The molecule has 0 saturated heterocycles. The van der Waals surface area contributed by atoms with Crippen LogP contribution in [-0.2, 0) is 0 Å². The van der Waals surface area contributed by atoms with E-state index in [0.717, 1.165) is 56.0 Å². The van der Waals surface area contributed by atoms with Crippen molar-refractivity contribution in [3.8, 4) is 6.07 Å². The lowest BCUT2D eigenvalue weighted by molar-refractivity contribution is 1.26. The topological polar surface area (TPSA) is 34.6 Å². The summed E-state index contributed by atoms with van der Waals surface area (Å²) in [5.41, 5.74) is 9.90. The summed E-state index contributed by atoms with van der Waals surface area (Å²) in [5.74, 6) is 0. The van der Waals surface area contributed by atoms with Crippen LogP contribution in [0.3, 0.4) is 0 Å². The summed E-state index contributed by atoms with van der Waals surface area (Å²) < 4.78 is 0. The highest BCUT2D eigenvalue weighted by Gasteiger charge is 2.22. The number of aryl methyl sites for hydroxylation is 2. The molecule has 0 atom stereocenters. The van der Waals surface area contributed by atoms with E-state index >= 15 is 0 Å². The summed E-state index contributed by atoms with van der Waals surface area (Å²) in [6, 6.07) is 52.6. The Morgan fingerprint density at radius 3 is 1.38 bits per heavy atom. The van der Waals surface area contributed by atoms with Crippen molar-refractivity contribution in [2.45, 2.75) is 13.8 Å². The molecule has 0 unspecified atom stereocenters. The van der Waals surface area contributed by atoms with Gasteiger partial charge in [-0.2, -0.15) is 5.26 Å². The standard InChI is InChI=1S/C44H30N4/c1-29-8-4-6-10-39(29)47(35-20-12-31(28-45)13-21-35)41-26-16-32-15-25-38-42(27-17-33-14-24-37(41)43(32)44(33)38)48(40-11-7-5-9-30(40)2)36-22-18-34(46-3)19-23-36/h4-27H,1-2H3. The average Bonchev–Trinajstić information content (AvgIpc) is 3.13. The minimum Gasteiger partial charge on any atom is -0.310 e. The highest BCUT2D eigenvalue weighted by molar-refractivity contribution is 6.28. The number of rotatable bonds is 6. The number of hydrogen-bond acceptors (Lipinski definition) is 3. The molecule has 0 heterocycles. The first kappa shape index (κ1) is 28.8. The third kappa shape index (κ3) is 4.68. The Morgan fingerprint density at radius 2 is 0.938 bits per heavy atom. The van der Waals surface area contributed by atoms with Gasteiger partial charge in [0.1, 0.15) is 0 Å². The van der Waals surface area contributed by atoms with Crippen molar-refractivity contribution >= 4 is 72.1 Å². The Labute approximate surface area is 280 Å². The molecule has 226 valence electrons. The number of benzene rings is 8. The van der Waals surface area contributed by atoms with Gasteiger partial charge in [-0.05, 0) is 107 Å². The van der Waals surface area contributed by atoms with Crippen molar-refractivity contribution in [3.05, 3.63) is 174 Å². The van der Waals surface area contributed by atoms with Crippen LogP contribution >= 0.6 is 0 Å². The summed E-state index contributed by atoms with van der Waals surface area (Å²) in [4.78, 5) is 8.25. The van der Waals surface area contributed by atoms with Gasteiger partial charge in [0, 0.05) is 33.5 Å². The molecule has 8 aromatic rings. The summed E-state index contributed by atoms with van der Waals surface area (Å²) in [6.07, 6.45) is 0. The van der Waals surface area contributed by atoms with Crippen molar-refractivity contribution in [2.75, 3.05) is 9.80 Å². The third-order valence-corrected chi connectivity index (χ3v) is 9.30. The molecular formula is C44H30N4. The van der Waals surface area contributed by atoms with Crippen molar-refractivity contribution in [1.82, 2.24) is 0 Å². The molecule has 0 fully saturated rings. The summed E-state index contributed by atoms with van der Waals surface area (Å²) >= 11 is 0.